The molecule has 0 radical (unpaired) electrons. The van der Waals surface area contributed by atoms with Crippen molar-refractivity contribution in [3.8, 4) is 5.75 Å². The molecule has 0 atom stereocenters. The van der Waals surface area contributed by atoms with Gasteiger partial charge in [0.15, 0.2) is 0 Å². The molecule has 1 N–H and O–H groups in total. The van der Waals surface area contributed by atoms with Gasteiger partial charge in [0.05, 0.1) is 5.56 Å². The van der Waals surface area contributed by atoms with Gasteiger partial charge in [-0.2, -0.15) is 11.8 Å². The van der Waals surface area contributed by atoms with Crippen LogP contribution in [0.5, 0.6) is 5.75 Å². The molecule has 1 aliphatic rings. The first-order chi connectivity index (χ1) is 6.75. The second kappa shape index (κ2) is 3.92. The fraction of sp³-hybridized carbons (Fsp3) is 0.300. The lowest BCUT2D eigenvalue weighted by Gasteiger charge is -2.25. The van der Waals surface area contributed by atoms with Gasteiger partial charge in [-0.1, -0.05) is 6.07 Å². The molecule has 1 aliphatic heterocycles. The highest BCUT2D eigenvalue weighted by Gasteiger charge is 2.19. The zero-order chi connectivity index (χ0) is 9.97. The quantitative estimate of drug-likeness (QED) is 0.827. The summed E-state index contributed by atoms with van der Waals surface area (Å²) in [5.41, 5.74) is 0.273. The van der Waals surface area contributed by atoms with Crippen LogP contribution in [0.25, 0.3) is 0 Å². The van der Waals surface area contributed by atoms with Gasteiger partial charge in [-0.25, -0.2) is 4.79 Å². The number of carbonyl (C=O) groups is 1. The van der Waals surface area contributed by atoms with Crippen LogP contribution in [0.15, 0.2) is 24.3 Å². The van der Waals surface area contributed by atoms with Crippen LogP contribution in [-0.2, 0) is 0 Å². The highest BCUT2D eigenvalue weighted by atomic mass is 32.2. The van der Waals surface area contributed by atoms with E-state index in [9.17, 15) is 4.79 Å². The molecule has 1 saturated heterocycles. The SMILES string of the molecule is O=C(O)c1cccc(OC2CSC2)c1. The maximum absolute atomic E-state index is 10.7. The molecular formula is C10H10O3S. The van der Waals surface area contributed by atoms with Crippen LogP contribution in [-0.4, -0.2) is 28.7 Å². The summed E-state index contributed by atoms with van der Waals surface area (Å²) in [6.45, 7) is 0. The number of hydrogen-bond acceptors (Lipinski definition) is 3. The second-order valence-electron chi connectivity index (χ2n) is 3.11. The Balaban J connectivity index is 2.09. The summed E-state index contributed by atoms with van der Waals surface area (Å²) in [6.07, 6.45) is 0.254. The fourth-order valence-electron chi connectivity index (χ4n) is 1.18. The number of hydrogen-bond donors (Lipinski definition) is 1. The van der Waals surface area contributed by atoms with E-state index in [1.165, 1.54) is 0 Å². The van der Waals surface area contributed by atoms with Crippen molar-refractivity contribution in [1.29, 1.82) is 0 Å². The number of benzene rings is 1. The molecule has 3 nitrogen and oxygen atoms in total. The zero-order valence-electron chi connectivity index (χ0n) is 7.47. The van der Waals surface area contributed by atoms with Gasteiger partial charge in [0.1, 0.15) is 11.9 Å². The Kier molecular flexibility index (Phi) is 2.63. The maximum Gasteiger partial charge on any atom is 0.335 e. The highest BCUT2D eigenvalue weighted by Crippen LogP contribution is 2.24. The van der Waals surface area contributed by atoms with Crippen molar-refractivity contribution in [3.63, 3.8) is 0 Å². The predicted octanol–water partition coefficient (Wildman–Crippen LogP) is 1.88. The van der Waals surface area contributed by atoms with E-state index < -0.39 is 5.97 Å². The monoisotopic (exact) mass is 210 g/mol. The summed E-state index contributed by atoms with van der Waals surface area (Å²) in [5, 5.41) is 8.75. The van der Waals surface area contributed by atoms with Crippen LogP contribution < -0.4 is 4.74 Å². The average molecular weight is 210 g/mol. The van der Waals surface area contributed by atoms with Gasteiger partial charge in [-0.05, 0) is 18.2 Å². The Morgan fingerprint density at radius 2 is 2.29 bits per heavy atom. The molecule has 4 heteroatoms. The average Bonchev–Trinajstić information content (AvgIpc) is 2.12. The van der Waals surface area contributed by atoms with Gasteiger partial charge in [0.25, 0.3) is 0 Å². The first-order valence-corrected chi connectivity index (χ1v) is 5.49. The molecule has 14 heavy (non-hydrogen) atoms. The van der Waals surface area contributed by atoms with Gasteiger partial charge in [0.2, 0.25) is 0 Å². The molecule has 1 aromatic rings. The van der Waals surface area contributed by atoms with E-state index in [1.54, 1.807) is 24.3 Å². The zero-order valence-corrected chi connectivity index (χ0v) is 8.29. The Hall–Kier alpha value is -1.16. The van der Waals surface area contributed by atoms with Crippen molar-refractivity contribution in [2.24, 2.45) is 0 Å². The van der Waals surface area contributed by atoms with Crippen LogP contribution in [0, 0.1) is 0 Å². The summed E-state index contributed by atoms with van der Waals surface area (Å²) in [6, 6.07) is 6.61. The summed E-state index contributed by atoms with van der Waals surface area (Å²) in [5.74, 6) is 1.72. The first kappa shape index (κ1) is 9.40. The van der Waals surface area contributed by atoms with Crippen LogP contribution in [0.1, 0.15) is 10.4 Å². The molecule has 1 aromatic carbocycles. The van der Waals surface area contributed by atoms with E-state index in [4.69, 9.17) is 9.84 Å². The molecule has 0 unspecified atom stereocenters. The Labute approximate surface area is 86.1 Å². The molecule has 2 rings (SSSR count). The van der Waals surface area contributed by atoms with Gasteiger partial charge < -0.3 is 9.84 Å². The van der Waals surface area contributed by atoms with E-state index in [0.717, 1.165) is 11.5 Å². The van der Waals surface area contributed by atoms with E-state index in [0.29, 0.717) is 5.75 Å². The van der Waals surface area contributed by atoms with Crippen LogP contribution in [0.4, 0.5) is 0 Å². The maximum atomic E-state index is 10.7. The van der Waals surface area contributed by atoms with Crippen molar-refractivity contribution >= 4 is 17.7 Å². The van der Waals surface area contributed by atoms with E-state index >= 15 is 0 Å². The van der Waals surface area contributed by atoms with E-state index in [-0.39, 0.29) is 11.7 Å². The van der Waals surface area contributed by atoms with Crippen molar-refractivity contribution < 1.29 is 14.6 Å². The smallest absolute Gasteiger partial charge is 0.335 e. The molecule has 0 amide bonds. The molecule has 1 heterocycles. The molecular weight excluding hydrogens is 200 g/mol. The number of ether oxygens (including phenoxy) is 1. The van der Waals surface area contributed by atoms with Gasteiger partial charge in [0, 0.05) is 11.5 Å². The van der Waals surface area contributed by atoms with Crippen molar-refractivity contribution in [3.05, 3.63) is 29.8 Å². The summed E-state index contributed by atoms with van der Waals surface area (Å²) < 4.78 is 5.56. The van der Waals surface area contributed by atoms with E-state index in [1.807, 2.05) is 11.8 Å². The Morgan fingerprint density at radius 3 is 2.86 bits per heavy atom. The minimum atomic E-state index is -0.918. The standard InChI is InChI=1S/C10H10O3S/c11-10(12)7-2-1-3-8(4-7)13-9-5-14-6-9/h1-4,9H,5-6H2,(H,11,12). The number of rotatable bonds is 3. The third-order valence-electron chi connectivity index (χ3n) is 1.99. The lowest BCUT2D eigenvalue weighted by atomic mass is 10.2. The van der Waals surface area contributed by atoms with E-state index in [2.05, 4.69) is 0 Å². The normalized spacial score (nSPS) is 16.0. The Bertz CT molecular complexity index is 347. The second-order valence-corrected chi connectivity index (χ2v) is 4.19. The largest absolute Gasteiger partial charge is 0.489 e. The molecule has 74 valence electrons. The lowest BCUT2D eigenvalue weighted by Crippen LogP contribution is -2.31. The molecule has 0 saturated carbocycles. The lowest BCUT2D eigenvalue weighted by molar-refractivity contribution is 0.0696. The number of carboxylic acid groups (broad SMARTS) is 1. The van der Waals surface area contributed by atoms with Crippen molar-refractivity contribution in [2.45, 2.75) is 6.10 Å². The number of carboxylic acids is 1. The minimum absolute atomic E-state index is 0.254. The number of thioether (sulfide) groups is 1. The van der Waals surface area contributed by atoms with Gasteiger partial charge >= 0.3 is 5.97 Å². The first-order valence-electron chi connectivity index (χ1n) is 4.33. The van der Waals surface area contributed by atoms with Crippen LogP contribution >= 0.6 is 11.8 Å². The summed E-state index contributed by atoms with van der Waals surface area (Å²) in [4.78, 5) is 10.7. The van der Waals surface area contributed by atoms with Crippen molar-refractivity contribution in [2.75, 3.05) is 11.5 Å². The predicted molar refractivity (Wildman–Crippen MR) is 55.1 cm³/mol. The third-order valence-corrected chi connectivity index (χ3v) is 3.21. The minimum Gasteiger partial charge on any atom is -0.489 e. The molecule has 0 aliphatic carbocycles. The Morgan fingerprint density at radius 1 is 1.50 bits per heavy atom. The molecule has 1 fully saturated rings. The van der Waals surface area contributed by atoms with Gasteiger partial charge in [-0.15, -0.1) is 0 Å². The molecule has 0 aromatic heterocycles. The molecule has 0 spiro atoms. The third kappa shape index (κ3) is 2.01. The van der Waals surface area contributed by atoms with Crippen molar-refractivity contribution in [1.82, 2.24) is 0 Å². The topological polar surface area (TPSA) is 46.5 Å². The molecule has 0 bridgehead atoms. The number of aromatic carboxylic acids is 1. The summed E-state index contributed by atoms with van der Waals surface area (Å²) >= 11 is 1.83. The fourth-order valence-corrected chi connectivity index (χ4v) is 1.74. The van der Waals surface area contributed by atoms with Crippen LogP contribution in [0.3, 0.4) is 0 Å². The highest BCUT2D eigenvalue weighted by molar-refractivity contribution is 8.00. The summed E-state index contributed by atoms with van der Waals surface area (Å²) in [7, 11) is 0. The van der Waals surface area contributed by atoms with Gasteiger partial charge in [-0.3, -0.25) is 0 Å². The van der Waals surface area contributed by atoms with Crippen LogP contribution in [0.2, 0.25) is 0 Å².